The second-order valence-electron chi connectivity index (χ2n) is 7.61. The molecule has 0 amide bonds. The smallest absolute Gasteiger partial charge is 0.184 e. The predicted octanol–water partition coefficient (Wildman–Crippen LogP) is 3.78. The highest BCUT2D eigenvalue weighted by Crippen LogP contribution is 2.42. The van der Waals surface area contributed by atoms with Crippen molar-refractivity contribution in [2.45, 2.75) is 63.6 Å². The average molecular weight is 315 g/mol. The van der Waals surface area contributed by atoms with Crippen molar-refractivity contribution in [1.82, 2.24) is 4.90 Å². The maximum Gasteiger partial charge on any atom is 0.184 e. The van der Waals surface area contributed by atoms with E-state index in [0.717, 1.165) is 25.8 Å². The van der Waals surface area contributed by atoms with Crippen molar-refractivity contribution in [2.24, 2.45) is 5.92 Å². The van der Waals surface area contributed by atoms with Gasteiger partial charge in [0, 0.05) is 18.6 Å². The molecule has 0 radical (unpaired) electrons. The third-order valence-electron chi connectivity index (χ3n) is 4.87. The molecule has 2 aliphatic rings. The fraction of sp³-hybridized carbons (Fsp3) is 0.611. The molecule has 0 aromatic heterocycles. The summed E-state index contributed by atoms with van der Waals surface area (Å²) < 4.78 is 6.46. The summed E-state index contributed by atoms with van der Waals surface area (Å²) in [5.41, 5.74) is 1.34. The quantitative estimate of drug-likeness (QED) is 0.794. The van der Waals surface area contributed by atoms with Crippen LogP contribution in [0.15, 0.2) is 30.3 Å². The van der Waals surface area contributed by atoms with Crippen molar-refractivity contribution in [2.75, 3.05) is 0 Å². The van der Waals surface area contributed by atoms with Gasteiger partial charge in [-0.2, -0.15) is 5.26 Å². The van der Waals surface area contributed by atoms with E-state index in [4.69, 9.17) is 4.43 Å². The largest absolute Gasteiger partial charge is 0.413 e. The van der Waals surface area contributed by atoms with Crippen LogP contribution in [-0.4, -0.2) is 31.4 Å². The zero-order chi connectivity index (χ0) is 15.7. The van der Waals surface area contributed by atoms with Crippen molar-refractivity contribution in [3.8, 4) is 6.07 Å². The van der Waals surface area contributed by atoms with Crippen LogP contribution < -0.4 is 0 Å². The maximum absolute atomic E-state index is 9.51. The van der Waals surface area contributed by atoms with E-state index in [9.17, 15) is 5.26 Å². The normalized spacial score (nSPS) is 31.9. The van der Waals surface area contributed by atoms with E-state index < -0.39 is 8.32 Å². The van der Waals surface area contributed by atoms with E-state index in [1.807, 2.05) is 0 Å². The fourth-order valence-electron chi connectivity index (χ4n) is 4.05. The van der Waals surface area contributed by atoms with E-state index >= 15 is 0 Å². The van der Waals surface area contributed by atoms with Gasteiger partial charge in [-0.25, -0.2) is 0 Å². The minimum absolute atomic E-state index is 0.170. The SMILES string of the molecule is C[Si](C)(C)O[C@@H]1CC[C@@H]2[C@@H](C#N)C[C@H]1N2Cc1ccccc1. The summed E-state index contributed by atoms with van der Waals surface area (Å²) >= 11 is 0. The lowest BCUT2D eigenvalue weighted by Crippen LogP contribution is -2.51. The van der Waals surface area contributed by atoms with Crippen LogP contribution in [0.5, 0.6) is 0 Å². The highest BCUT2D eigenvalue weighted by molar-refractivity contribution is 6.69. The number of hydrogen-bond donors (Lipinski definition) is 0. The van der Waals surface area contributed by atoms with E-state index in [0.29, 0.717) is 18.2 Å². The van der Waals surface area contributed by atoms with Gasteiger partial charge in [0.25, 0.3) is 0 Å². The Kier molecular flexibility index (Phi) is 4.40. The summed E-state index contributed by atoms with van der Waals surface area (Å²) in [5, 5.41) is 9.51. The molecule has 3 nitrogen and oxygen atoms in total. The first-order valence-electron chi connectivity index (χ1n) is 8.35. The molecule has 2 heterocycles. The average Bonchev–Trinajstić information content (AvgIpc) is 2.70. The molecule has 1 aromatic carbocycles. The summed E-state index contributed by atoms with van der Waals surface area (Å²) in [6, 6.07) is 14.0. The lowest BCUT2D eigenvalue weighted by atomic mass is 9.97. The topological polar surface area (TPSA) is 36.3 Å². The van der Waals surface area contributed by atoms with Gasteiger partial charge in [0.1, 0.15) is 0 Å². The van der Waals surface area contributed by atoms with Gasteiger partial charge in [-0.1, -0.05) is 30.3 Å². The molecule has 0 N–H and O–H groups in total. The molecule has 4 heteroatoms. The molecule has 3 rings (SSSR count). The Balaban J connectivity index is 1.80. The van der Waals surface area contributed by atoms with Gasteiger partial charge >= 0.3 is 0 Å². The Morgan fingerprint density at radius 3 is 2.55 bits per heavy atom. The molecule has 2 fully saturated rings. The van der Waals surface area contributed by atoms with Crippen LogP contribution >= 0.6 is 0 Å². The van der Waals surface area contributed by atoms with Crippen LogP contribution in [0.1, 0.15) is 24.8 Å². The number of nitriles is 1. The molecule has 2 bridgehead atoms. The lowest BCUT2D eigenvalue weighted by molar-refractivity contribution is 0.0186. The van der Waals surface area contributed by atoms with Crippen LogP contribution in [0, 0.1) is 17.2 Å². The molecule has 0 spiro atoms. The van der Waals surface area contributed by atoms with Crippen LogP contribution in [-0.2, 0) is 11.0 Å². The Bertz CT molecular complexity index is 548. The minimum atomic E-state index is -1.55. The van der Waals surface area contributed by atoms with Gasteiger partial charge < -0.3 is 4.43 Å². The van der Waals surface area contributed by atoms with Crippen molar-refractivity contribution >= 4 is 8.32 Å². The van der Waals surface area contributed by atoms with Gasteiger partial charge in [-0.3, -0.25) is 4.90 Å². The van der Waals surface area contributed by atoms with Crippen LogP contribution in [0.4, 0.5) is 0 Å². The number of fused-ring (bicyclic) bond motifs is 2. The fourth-order valence-corrected chi connectivity index (χ4v) is 5.23. The maximum atomic E-state index is 9.51. The first-order chi connectivity index (χ1) is 10.5. The Hall–Kier alpha value is -1.15. The minimum Gasteiger partial charge on any atom is -0.413 e. The predicted molar refractivity (Wildman–Crippen MR) is 90.7 cm³/mol. The molecule has 4 atom stereocenters. The molecule has 2 saturated heterocycles. The van der Waals surface area contributed by atoms with Gasteiger partial charge in [-0.05, 0) is 44.5 Å². The second-order valence-corrected chi connectivity index (χ2v) is 12.1. The van der Waals surface area contributed by atoms with Gasteiger partial charge in [0.2, 0.25) is 0 Å². The van der Waals surface area contributed by atoms with Crippen molar-refractivity contribution in [3.63, 3.8) is 0 Å². The number of nitrogens with zero attached hydrogens (tertiary/aromatic N) is 2. The van der Waals surface area contributed by atoms with Gasteiger partial charge in [-0.15, -0.1) is 0 Å². The summed E-state index contributed by atoms with van der Waals surface area (Å²) in [7, 11) is -1.55. The number of piperidine rings is 1. The highest BCUT2D eigenvalue weighted by atomic mass is 28.4. The molecule has 118 valence electrons. The van der Waals surface area contributed by atoms with E-state index in [2.05, 4.69) is 60.9 Å². The van der Waals surface area contributed by atoms with Crippen LogP contribution in [0.25, 0.3) is 0 Å². The lowest BCUT2D eigenvalue weighted by Gasteiger charge is -2.42. The van der Waals surface area contributed by atoms with E-state index in [1.54, 1.807) is 0 Å². The third kappa shape index (κ3) is 3.27. The van der Waals surface area contributed by atoms with Crippen LogP contribution in [0.3, 0.4) is 0 Å². The molecular formula is C18H26N2OSi. The Morgan fingerprint density at radius 2 is 1.91 bits per heavy atom. The standard InChI is InChI=1S/C18H26N2OSi/c1-22(2,3)21-18-10-9-16-15(12-19)11-17(18)20(16)13-14-7-5-4-6-8-14/h4-8,15-18H,9-11,13H2,1-3H3/t15-,16-,17-,18-/m1/s1. The zero-order valence-electron chi connectivity index (χ0n) is 13.8. The van der Waals surface area contributed by atoms with Crippen molar-refractivity contribution in [3.05, 3.63) is 35.9 Å². The first kappa shape index (κ1) is 15.7. The second kappa shape index (κ2) is 6.15. The molecule has 2 aliphatic heterocycles. The highest BCUT2D eigenvalue weighted by Gasteiger charge is 2.49. The third-order valence-corrected chi connectivity index (χ3v) is 5.88. The molecule has 1 aromatic rings. The molecule has 0 saturated carbocycles. The molecule has 0 unspecified atom stereocenters. The van der Waals surface area contributed by atoms with Crippen molar-refractivity contribution in [1.29, 1.82) is 5.26 Å². The van der Waals surface area contributed by atoms with Crippen LogP contribution in [0.2, 0.25) is 19.6 Å². The number of hydrogen-bond acceptors (Lipinski definition) is 3. The van der Waals surface area contributed by atoms with E-state index in [-0.39, 0.29) is 5.92 Å². The summed E-state index contributed by atoms with van der Waals surface area (Å²) in [6.45, 7) is 7.73. The first-order valence-corrected chi connectivity index (χ1v) is 11.8. The summed E-state index contributed by atoms with van der Waals surface area (Å²) in [5.74, 6) is 0.170. The summed E-state index contributed by atoms with van der Waals surface area (Å²) in [6.07, 6.45) is 3.49. The molecular weight excluding hydrogens is 288 g/mol. The Morgan fingerprint density at radius 1 is 1.18 bits per heavy atom. The number of benzene rings is 1. The van der Waals surface area contributed by atoms with Gasteiger partial charge in [0.15, 0.2) is 8.32 Å². The van der Waals surface area contributed by atoms with Gasteiger partial charge in [0.05, 0.1) is 18.1 Å². The monoisotopic (exact) mass is 314 g/mol. The van der Waals surface area contributed by atoms with Crippen molar-refractivity contribution < 1.29 is 4.43 Å². The Labute approximate surface area is 135 Å². The molecule has 22 heavy (non-hydrogen) atoms. The summed E-state index contributed by atoms with van der Waals surface area (Å²) in [4.78, 5) is 2.55. The number of rotatable bonds is 4. The molecule has 0 aliphatic carbocycles. The van der Waals surface area contributed by atoms with E-state index in [1.165, 1.54) is 5.56 Å². The zero-order valence-corrected chi connectivity index (χ0v) is 14.8.